The number of carbonyl (C=O) groups is 2. The van der Waals surface area contributed by atoms with Gasteiger partial charge >= 0.3 is 0 Å². The molecule has 3 N–H and O–H groups in total. The van der Waals surface area contributed by atoms with Crippen molar-refractivity contribution in [2.45, 2.75) is 102 Å². The summed E-state index contributed by atoms with van der Waals surface area (Å²) in [6, 6.07) is 7.21. The number of nitrogens with one attached hydrogen (secondary N) is 3. The van der Waals surface area contributed by atoms with Crippen LogP contribution in [0.2, 0.25) is 5.02 Å². The molecule has 3 atom stereocenters. The van der Waals surface area contributed by atoms with E-state index in [1.165, 1.54) is 19.3 Å². The molecule has 0 bridgehead atoms. The monoisotopic (exact) mass is 548 g/mol. The van der Waals surface area contributed by atoms with Gasteiger partial charge in [-0.05, 0) is 82.9 Å². The maximum absolute atomic E-state index is 13.9. The Bertz CT molecular complexity index is 937. The van der Waals surface area contributed by atoms with Gasteiger partial charge in [0.15, 0.2) is 0 Å². The van der Waals surface area contributed by atoms with Crippen molar-refractivity contribution >= 4 is 23.4 Å². The van der Waals surface area contributed by atoms with Crippen LogP contribution in [0.25, 0.3) is 0 Å². The zero-order valence-corrected chi connectivity index (χ0v) is 24.1. The Balaban J connectivity index is 1.46. The molecule has 3 aliphatic rings. The lowest BCUT2D eigenvalue weighted by Gasteiger charge is -2.48. The van der Waals surface area contributed by atoms with E-state index in [2.05, 4.69) is 16.0 Å². The molecule has 2 unspecified atom stereocenters. The topological polar surface area (TPSA) is 73.5 Å². The summed E-state index contributed by atoms with van der Waals surface area (Å²) in [5.74, 6) is 0.595. The van der Waals surface area contributed by atoms with E-state index in [1.54, 1.807) is 0 Å². The molecule has 1 aliphatic carbocycles. The first-order valence-corrected chi connectivity index (χ1v) is 14.9. The average Bonchev–Trinajstić information content (AvgIpc) is 3.31. The van der Waals surface area contributed by atoms with Crippen molar-refractivity contribution in [1.29, 1.82) is 0 Å². The van der Waals surface area contributed by atoms with E-state index in [0.717, 1.165) is 18.4 Å². The zero-order valence-electron chi connectivity index (χ0n) is 23.3. The Labute approximate surface area is 232 Å². The van der Waals surface area contributed by atoms with Crippen molar-refractivity contribution in [1.82, 2.24) is 20.9 Å². The van der Waals surface area contributed by atoms with E-state index in [-0.39, 0.29) is 23.4 Å². The summed E-state index contributed by atoms with van der Waals surface area (Å²) in [7, 11) is 0. The van der Waals surface area contributed by atoms with Crippen LogP contribution in [0.4, 0.5) is 4.39 Å². The fourth-order valence-electron chi connectivity index (χ4n) is 6.60. The highest BCUT2D eigenvalue weighted by molar-refractivity contribution is 6.30. The van der Waals surface area contributed by atoms with Gasteiger partial charge in [0.05, 0.1) is 11.5 Å². The highest BCUT2D eigenvalue weighted by atomic mass is 35.5. The summed E-state index contributed by atoms with van der Waals surface area (Å²) in [4.78, 5) is 29.5. The highest BCUT2D eigenvalue weighted by Crippen LogP contribution is 2.46. The van der Waals surface area contributed by atoms with Crippen molar-refractivity contribution in [2.75, 3.05) is 26.2 Å². The van der Waals surface area contributed by atoms with Crippen LogP contribution in [0.5, 0.6) is 0 Å². The summed E-state index contributed by atoms with van der Waals surface area (Å²) in [6.07, 6.45) is 7.37. The van der Waals surface area contributed by atoms with Crippen molar-refractivity contribution in [3.05, 3.63) is 34.9 Å². The first-order chi connectivity index (χ1) is 18.1. The summed E-state index contributed by atoms with van der Waals surface area (Å²) in [6.45, 7) is 8.19. The molecular formula is C30H46ClFN4O2. The van der Waals surface area contributed by atoms with Crippen LogP contribution in [0, 0.1) is 11.3 Å². The fourth-order valence-corrected chi connectivity index (χ4v) is 6.73. The number of benzene rings is 1. The number of nitrogens with zero attached hydrogens (tertiary/aromatic N) is 1. The molecule has 6 nitrogen and oxygen atoms in total. The van der Waals surface area contributed by atoms with Gasteiger partial charge in [-0.1, -0.05) is 43.0 Å². The van der Waals surface area contributed by atoms with Crippen LogP contribution < -0.4 is 16.0 Å². The number of halogens is 2. The number of hydrogen-bond donors (Lipinski definition) is 3. The van der Waals surface area contributed by atoms with E-state index >= 15 is 0 Å². The molecule has 2 heterocycles. The van der Waals surface area contributed by atoms with E-state index in [1.807, 2.05) is 49.9 Å². The Kier molecular flexibility index (Phi) is 9.75. The normalized spacial score (nSPS) is 25.2. The number of rotatable bonds is 8. The van der Waals surface area contributed by atoms with Gasteiger partial charge in [0.2, 0.25) is 11.8 Å². The third-order valence-corrected chi connectivity index (χ3v) is 8.98. The molecule has 1 aromatic rings. The number of amides is 2. The van der Waals surface area contributed by atoms with E-state index in [9.17, 15) is 14.0 Å². The predicted octanol–water partition coefficient (Wildman–Crippen LogP) is 4.64. The second-order valence-electron chi connectivity index (χ2n) is 12.8. The molecule has 3 fully saturated rings. The minimum atomic E-state index is -0.832. The Morgan fingerprint density at radius 2 is 1.79 bits per heavy atom. The van der Waals surface area contributed by atoms with Gasteiger partial charge in [-0.2, -0.15) is 0 Å². The number of hydrogen-bond acceptors (Lipinski definition) is 4. The third kappa shape index (κ3) is 7.48. The Hall–Kier alpha value is -1.70. The molecular weight excluding hydrogens is 503 g/mol. The summed E-state index contributed by atoms with van der Waals surface area (Å²) < 4.78 is 13.7. The second-order valence-corrected chi connectivity index (χ2v) is 13.2. The van der Waals surface area contributed by atoms with E-state index in [0.29, 0.717) is 62.8 Å². The maximum atomic E-state index is 13.9. The van der Waals surface area contributed by atoms with Gasteiger partial charge < -0.3 is 20.9 Å². The molecule has 8 heteroatoms. The lowest BCUT2D eigenvalue weighted by molar-refractivity contribution is -0.147. The van der Waals surface area contributed by atoms with Crippen LogP contribution in [0.3, 0.4) is 0 Å². The molecule has 38 heavy (non-hydrogen) atoms. The Morgan fingerprint density at radius 1 is 1.13 bits per heavy atom. The van der Waals surface area contributed by atoms with Gasteiger partial charge in [0.25, 0.3) is 0 Å². The van der Waals surface area contributed by atoms with E-state index in [4.69, 9.17) is 11.6 Å². The van der Waals surface area contributed by atoms with Crippen LogP contribution in [-0.4, -0.2) is 66.7 Å². The quantitative estimate of drug-likeness (QED) is 0.442. The summed E-state index contributed by atoms with van der Waals surface area (Å²) in [5.41, 5.74) is 0.334. The van der Waals surface area contributed by atoms with Gasteiger partial charge in [-0.15, -0.1) is 0 Å². The summed E-state index contributed by atoms with van der Waals surface area (Å²) in [5, 5.41) is 10.6. The van der Waals surface area contributed by atoms with Crippen molar-refractivity contribution in [3.63, 3.8) is 0 Å². The number of likely N-dealkylation sites (tertiary alicyclic amines) is 1. The van der Waals surface area contributed by atoms with Crippen molar-refractivity contribution in [2.24, 2.45) is 11.3 Å². The number of piperidine rings is 1. The second kappa shape index (κ2) is 12.6. The lowest BCUT2D eigenvalue weighted by Crippen LogP contribution is -2.59. The molecule has 2 saturated heterocycles. The standard InChI is InChI=1S/C30H46ClFN4O2/c1-29(2,3)35-28(38)30(22-7-5-4-6-8-22)13-15-36(16-14-30)27(37)26(17-21-9-11-23(31)12-10-21)34-20-25-18-24(32)19-33-25/h9-12,22,24-26,33-34H,4-8,13-20H2,1-3H3,(H,35,38)/t24?,25?,26-/m1/s1. The average molecular weight is 549 g/mol. The van der Waals surface area contributed by atoms with E-state index < -0.39 is 17.6 Å². The SMILES string of the molecule is CC(C)(C)NC(=O)C1(C2CCCCC2)CCN(C(=O)[C@@H](Cc2ccc(Cl)cc2)NCC2CC(F)CN2)CC1. The number of carbonyl (C=O) groups excluding carboxylic acids is 2. The highest BCUT2D eigenvalue weighted by Gasteiger charge is 2.49. The molecule has 2 amide bonds. The first kappa shape index (κ1) is 29.3. The zero-order chi connectivity index (χ0) is 27.3. The summed E-state index contributed by atoms with van der Waals surface area (Å²) >= 11 is 6.08. The molecule has 0 spiro atoms. The van der Waals surface area contributed by atoms with Crippen LogP contribution in [0.15, 0.2) is 24.3 Å². The van der Waals surface area contributed by atoms with Crippen LogP contribution in [0.1, 0.15) is 77.7 Å². The van der Waals surface area contributed by atoms with Gasteiger partial charge in [0.1, 0.15) is 6.17 Å². The van der Waals surface area contributed by atoms with Crippen molar-refractivity contribution < 1.29 is 14.0 Å². The van der Waals surface area contributed by atoms with Crippen molar-refractivity contribution in [3.8, 4) is 0 Å². The molecule has 0 radical (unpaired) electrons. The van der Waals surface area contributed by atoms with Gasteiger partial charge in [-0.3, -0.25) is 9.59 Å². The fraction of sp³-hybridized carbons (Fsp3) is 0.733. The molecule has 1 saturated carbocycles. The molecule has 1 aromatic carbocycles. The number of alkyl halides is 1. The first-order valence-electron chi connectivity index (χ1n) is 14.5. The Morgan fingerprint density at radius 3 is 2.37 bits per heavy atom. The van der Waals surface area contributed by atoms with Crippen LogP contribution >= 0.6 is 11.6 Å². The molecule has 2 aliphatic heterocycles. The third-order valence-electron chi connectivity index (χ3n) is 8.72. The minimum Gasteiger partial charge on any atom is -0.351 e. The van der Waals surface area contributed by atoms with Gasteiger partial charge in [-0.25, -0.2) is 4.39 Å². The van der Waals surface area contributed by atoms with Crippen LogP contribution in [-0.2, 0) is 16.0 Å². The lowest BCUT2D eigenvalue weighted by atomic mass is 9.63. The smallest absolute Gasteiger partial charge is 0.240 e. The maximum Gasteiger partial charge on any atom is 0.240 e. The predicted molar refractivity (Wildman–Crippen MR) is 151 cm³/mol. The largest absolute Gasteiger partial charge is 0.351 e. The molecule has 212 valence electrons. The molecule has 0 aromatic heterocycles. The van der Waals surface area contributed by atoms with Gasteiger partial charge in [0, 0.05) is 42.8 Å². The molecule has 4 rings (SSSR count). The minimum absolute atomic E-state index is 0.0203.